The van der Waals surface area contributed by atoms with E-state index in [1.54, 1.807) is 25.7 Å². The average Bonchev–Trinajstić information content (AvgIpc) is 2.54. The molecule has 0 saturated carbocycles. The summed E-state index contributed by atoms with van der Waals surface area (Å²) in [6, 6.07) is 1.27. The van der Waals surface area contributed by atoms with Gasteiger partial charge in [0.25, 0.3) is 11.5 Å². The van der Waals surface area contributed by atoms with Gasteiger partial charge in [0.05, 0.1) is 12.1 Å². The van der Waals surface area contributed by atoms with Crippen LogP contribution < -0.4 is 5.56 Å². The molecule has 0 aliphatic heterocycles. The third-order valence-corrected chi connectivity index (χ3v) is 2.41. The third-order valence-electron chi connectivity index (χ3n) is 2.41. The Morgan fingerprint density at radius 2 is 2.17 bits per heavy atom. The monoisotopic (exact) mass is 256 g/mol. The number of hydrogen-bond acceptors (Lipinski definition) is 5. The summed E-state index contributed by atoms with van der Waals surface area (Å²) in [6.45, 7) is 7.82. The first-order valence-electron chi connectivity index (χ1n) is 5.91. The highest BCUT2D eigenvalue weighted by Crippen LogP contribution is 2.05. The molecule has 0 radical (unpaired) electrons. The summed E-state index contributed by atoms with van der Waals surface area (Å²) in [5.74, 6) is -0.0295. The number of aliphatic hydroxyl groups is 1. The van der Waals surface area contributed by atoms with Crippen LogP contribution in [0, 0.1) is 6.92 Å². The second-order valence-electron chi connectivity index (χ2n) is 4.99. The van der Waals surface area contributed by atoms with Gasteiger partial charge in [-0.25, -0.2) is 0 Å². The maximum absolute atomic E-state index is 11.9. The highest BCUT2D eigenvalue weighted by atomic mass is 16.5. The van der Waals surface area contributed by atoms with Gasteiger partial charge in [-0.15, -0.1) is 4.74 Å². The predicted molar refractivity (Wildman–Crippen MR) is 66.7 cm³/mol. The van der Waals surface area contributed by atoms with Crippen LogP contribution in [0.25, 0.3) is 0 Å². The summed E-state index contributed by atoms with van der Waals surface area (Å²) in [7, 11) is 0. The third kappa shape index (κ3) is 4.12. The number of aromatic nitrogens is 1. The summed E-state index contributed by atoms with van der Waals surface area (Å²) in [6.07, 6.45) is 0. The first kappa shape index (κ1) is 14.7. The van der Waals surface area contributed by atoms with Crippen molar-refractivity contribution in [3.63, 3.8) is 0 Å². The van der Waals surface area contributed by atoms with E-state index in [0.717, 1.165) is 4.74 Å². The van der Waals surface area contributed by atoms with Gasteiger partial charge in [-0.2, -0.15) is 0 Å². The van der Waals surface area contributed by atoms with Crippen LogP contribution in [-0.2, 0) is 0 Å². The fourth-order valence-electron chi connectivity index (χ4n) is 1.70. The van der Waals surface area contributed by atoms with Gasteiger partial charge in [0.2, 0.25) is 0 Å². The molecule has 1 N–H and O–H groups in total. The van der Waals surface area contributed by atoms with Crippen molar-refractivity contribution in [1.29, 1.82) is 0 Å². The number of hydrogen-bond donors (Lipinski definition) is 1. The van der Waals surface area contributed by atoms with Crippen LogP contribution in [0.4, 0.5) is 0 Å². The van der Waals surface area contributed by atoms with Crippen molar-refractivity contribution >= 4 is 5.91 Å². The van der Waals surface area contributed by atoms with E-state index in [9.17, 15) is 14.7 Å². The molecule has 6 nitrogen and oxygen atoms in total. The molecule has 6 heteroatoms. The summed E-state index contributed by atoms with van der Waals surface area (Å²) in [5, 5.41) is 9.72. The van der Waals surface area contributed by atoms with Crippen molar-refractivity contribution in [1.82, 2.24) is 9.64 Å². The Morgan fingerprint density at radius 3 is 2.56 bits per heavy atom. The minimum absolute atomic E-state index is 0.0351. The Bertz CT molecular complexity index is 467. The van der Waals surface area contributed by atoms with E-state index in [1.807, 2.05) is 6.92 Å². The molecule has 1 heterocycles. The van der Waals surface area contributed by atoms with Gasteiger partial charge in [0.15, 0.2) is 0 Å². The van der Waals surface area contributed by atoms with Gasteiger partial charge >= 0.3 is 0 Å². The van der Waals surface area contributed by atoms with Gasteiger partial charge in [-0.3, -0.25) is 14.5 Å². The zero-order chi connectivity index (χ0) is 13.9. The van der Waals surface area contributed by atoms with Crippen LogP contribution in [0.3, 0.4) is 0 Å². The van der Waals surface area contributed by atoms with Gasteiger partial charge in [-0.1, -0.05) is 6.92 Å². The summed E-state index contributed by atoms with van der Waals surface area (Å²) < 4.78 is 5.77. The minimum Gasteiger partial charge on any atom is -0.389 e. The molecule has 1 aromatic heterocycles. The lowest BCUT2D eigenvalue weighted by atomic mass is 10.1. The molecule has 102 valence electrons. The maximum atomic E-state index is 11.9. The molecule has 0 aliphatic carbocycles. The van der Waals surface area contributed by atoms with E-state index < -0.39 is 17.1 Å². The molecule has 1 rings (SSSR count). The molecule has 1 aromatic rings. The lowest BCUT2D eigenvalue weighted by Gasteiger charge is -2.26. The summed E-state index contributed by atoms with van der Waals surface area (Å²) >= 11 is 0. The van der Waals surface area contributed by atoms with E-state index in [4.69, 9.17) is 4.52 Å². The van der Waals surface area contributed by atoms with E-state index >= 15 is 0 Å². The van der Waals surface area contributed by atoms with E-state index in [2.05, 4.69) is 0 Å². The Balaban J connectivity index is 2.74. The molecular weight excluding hydrogens is 236 g/mol. The van der Waals surface area contributed by atoms with Crippen LogP contribution in [0.5, 0.6) is 0 Å². The van der Waals surface area contributed by atoms with Crippen molar-refractivity contribution in [2.24, 2.45) is 0 Å². The van der Waals surface area contributed by atoms with Crippen molar-refractivity contribution in [3.05, 3.63) is 22.2 Å². The summed E-state index contributed by atoms with van der Waals surface area (Å²) in [5.41, 5.74) is -1.35. The summed E-state index contributed by atoms with van der Waals surface area (Å²) in [4.78, 5) is 25.1. The number of aryl methyl sites for hydroxylation is 1. The van der Waals surface area contributed by atoms with Gasteiger partial charge < -0.3 is 9.63 Å². The number of rotatable bonds is 5. The standard InChI is InChI=1S/C12H20N2O4/c1-5-13(8-12(3,4)17)7-11(16)14-10(15)6-9(2)18-14/h6,17H,5,7-8H2,1-4H3. The molecule has 0 bridgehead atoms. The molecular formula is C12H20N2O4. The van der Waals surface area contributed by atoms with Crippen LogP contribution in [0.1, 0.15) is 31.3 Å². The smallest absolute Gasteiger partial charge is 0.290 e. The number of likely N-dealkylation sites (N-methyl/N-ethyl adjacent to an activating group) is 1. The van der Waals surface area contributed by atoms with E-state index in [1.165, 1.54) is 6.07 Å². The quantitative estimate of drug-likeness (QED) is 0.829. The van der Waals surface area contributed by atoms with Crippen LogP contribution in [-0.4, -0.2) is 45.9 Å². The Labute approximate surface area is 106 Å². The zero-order valence-corrected chi connectivity index (χ0v) is 11.3. The largest absolute Gasteiger partial charge is 0.389 e. The highest BCUT2D eigenvalue weighted by molar-refractivity contribution is 5.79. The number of carbonyl (C=O) groups is 1. The van der Waals surface area contributed by atoms with Crippen molar-refractivity contribution in [2.45, 2.75) is 33.3 Å². The van der Waals surface area contributed by atoms with Crippen molar-refractivity contribution < 1.29 is 14.4 Å². The van der Waals surface area contributed by atoms with Crippen LogP contribution >= 0.6 is 0 Å². The zero-order valence-electron chi connectivity index (χ0n) is 11.3. The van der Waals surface area contributed by atoms with E-state index in [0.29, 0.717) is 18.8 Å². The number of nitrogens with zero attached hydrogens (tertiary/aromatic N) is 2. The van der Waals surface area contributed by atoms with E-state index in [-0.39, 0.29) is 6.54 Å². The van der Waals surface area contributed by atoms with Gasteiger partial charge in [0, 0.05) is 12.6 Å². The molecule has 0 atom stereocenters. The topological polar surface area (TPSA) is 75.7 Å². The van der Waals surface area contributed by atoms with Crippen LogP contribution in [0.2, 0.25) is 0 Å². The molecule has 18 heavy (non-hydrogen) atoms. The first-order chi connectivity index (χ1) is 8.23. The highest BCUT2D eigenvalue weighted by Gasteiger charge is 2.21. The van der Waals surface area contributed by atoms with Gasteiger partial charge in [-0.05, 0) is 27.3 Å². The average molecular weight is 256 g/mol. The van der Waals surface area contributed by atoms with Crippen molar-refractivity contribution in [2.75, 3.05) is 19.6 Å². The molecule has 0 unspecified atom stereocenters. The fourth-order valence-corrected chi connectivity index (χ4v) is 1.70. The Hall–Kier alpha value is -1.40. The SMILES string of the molecule is CCN(CC(=O)n1oc(C)cc1=O)CC(C)(C)O. The fraction of sp³-hybridized carbons (Fsp3) is 0.667. The minimum atomic E-state index is -0.889. The molecule has 0 amide bonds. The van der Waals surface area contributed by atoms with Gasteiger partial charge in [0.1, 0.15) is 5.76 Å². The first-order valence-corrected chi connectivity index (χ1v) is 5.91. The molecule has 0 aliphatic rings. The normalized spacial score (nSPS) is 12.1. The predicted octanol–water partition coefficient (Wildman–Crippen LogP) is 0.483. The molecule has 0 aromatic carbocycles. The van der Waals surface area contributed by atoms with Crippen molar-refractivity contribution in [3.8, 4) is 0 Å². The Morgan fingerprint density at radius 1 is 1.56 bits per heavy atom. The maximum Gasteiger partial charge on any atom is 0.290 e. The molecule has 0 spiro atoms. The Kier molecular flexibility index (Phi) is 4.48. The van der Waals surface area contributed by atoms with Crippen LogP contribution in [0.15, 0.2) is 15.4 Å². The molecule has 0 saturated heterocycles. The second-order valence-corrected chi connectivity index (χ2v) is 4.99. The number of carbonyl (C=O) groups excluding carboxylic acids is 1. The second kappa shape index (κ2) is 5.49. The lowest BCUT2D eigenvalue weighted by molar-refractivity contribution is 0.0331. The molecule has 0 fully saturated rings. The lowest BCUT2D eigenvalue weighted by Crippen LogP contribution is -2.43.